The summed E-state index contributed by atoms with van der Waals surface area (Å²) in [7, 11) is -3.42. The Morgan fingerprint density at radius 1 is 1.22 bits per heavy atom. The van der Waals surface area contributed by atoms with Crippen molar-refractivity contribution in [1.82, 2.24) is 14.3 Å². The molecule has 1 aromatic carbocycles. The van der Waals surface area contributed by atoms with E-state index in [0.717, 1.165) is 43.9 Å². The van der Waals surface area contributed by atoms with Crippen LogP contribution in [0.2, 0.25) is 0 Å². The van der Waals surface area contributed by atoms with Crippen LogP contribution in [-0.4, -0.2) is 53.7 Å². The fourth-order valence-electron chi connectivity index (χ4n) is 3.25. The van der Waals surface area contributed by atoms with Crippen LogP contribution in [0, 0.1) is 0 Å². The van der Waals surface area contributed by atoms with Gasteiger partial charge in [-0.25, -0.2) is 18.4 Å². The minimum atomic E-state index is -3.42. The number of nitrogens with one attached hydrogen (secondary N) is 1. The van der Waals surface area contributed by atoms with Gasteiger partial charge in [0.1, 0.15) is 6.04 Å². The number of anilines is 1. The summed E-state index contributed by atoms with van der Waals surface area (Å²) < 4.78 is 28.3. The van der Waals surface area contributed by atoms with E-state index in [1.165, 1.54) is 15.6 Å². The van der Waals surface area contributed by atoms with Crippen molar-refractivity contribution in [3.63, 3.8) is 0 Å². The topological polar surface area (TPSA) is 92.3 Å². The lowest BCUT2D eigenvalue weighted by molar-refractivity contribution is -0.120. The number of sulfonamides is 1. The van der Waals surface area contributed by atoms with Gasteiger partial charge in [-0.05, 0) is 31.2 Å². The van der Waals surface area contributed by atoms with Crippen molar-refractivity contribution >= 4 is 75.9 Å². The van der Waals surface area contributed by atoms with Crippen LogP contribution < -0.4 is 5.32 Å². The van der Waals surface area contributed by atoms with E-state index in [2.05, 4.69) is 15.3 Å². The first-order chi connectivity index (χ1) is 12.9. The lowest BCUT2D eigenvalue weighted by atomic mass is 10.0. The molecule has 144 valence electrons. The van der Waals surface area contributed by atoms with Crippen molar-refractivity contribution in [2.45, 2.75) is 29.6 Å². The average Bonchev–Trinajstić information content (AvgIpc) is 3.23. The van der Waals surface area contributed by atoms with E-state index in [0.29, 0.717) is 18.1 Å². The fourth-order valence-corrected chi connectivity index (χ4v) is 7.03. The maximum absolute atomic E-state index is 12.8. The van der Waals surface area contributed by atoms with Crippen molar-refractivity contribution in [3.8, 4) is 0 Å². The molecule has 1 fully saturated rings. The molecule has 2 aromatic heterocycles. The zero-order chi connectivity index (χ0) is 19.2. The van der Waals surface area contributed by atoms with Crippen LogP contribution in [0.1, 0.15) is 19.3 Å². The highest BCUT2D eigenvalue weighted by Crippen LogP contribution is 2.38. The number of rotatable bonds is 4. The van der Waals surface area contributed by atoms with Crippen LogP contribution in [0.25, 0.3) is 20.4 Å². The highest BCUT2D eigenvalue weighted by Gasteiger charge is 2.34. The van der Waals surface area contributed by atoms with Crippen molar-refractivity contribution in [3.05, 3.63) is 12.1 Å². The smallest absolute Gasteiger partial charge is 0.244 e. The second kappa shape index (κ2) is 7.28. The Balaban J connectivity index is 1.63. The Kier molecular flexibility index (Phi) is 5.14. The van der Waals surface area contributed by atoms with Crippen LogP contribution >= 0.6 is 34.4 Å². The summed E-state index contributed by atoms with van der Waals surface area (Å²) in [6.07, 6.45) is 5.28. The van der Waals surface area contributed by atoms with Gasteiger partial charge in [0, 0.05) is 6.54 Å². The third kappa shape index (κ3) is 3.70. The van der Waals surface area contributed by atoms with E-state index in [1.807, 2.05) is 18.4 Å². The van der Waals surface area contributed by atoms with Gasteiger partial charge < -0.3 is 5.32 Å². The molecule has 7 nitrogen and oxygen atoms in total. The third-order valence-corrected chi connectivity index (χ3v) is 8.98. The standard InChI is InChI=1S/C16H18N4O3S4/c1-24-16-18-10-7-6-9-12(13(10)26-16)25-15(17-9)19-14(21)11-5-3-4-8-20(11)27(2,22)23/h6-7,11H,3-5,8H2,1-2H3,(H,17,19,21)/t11-/m0/s1. The van der Waals surface area contributed by atoms with E-state index in [-0.39, 0.29) is 5.91 Å². The molecule has 0 unspecified atom stereocenters. The third-order valence-electron chi connectivity index (χ3n) is 4.48. The SMILES string of the molecule is CSc1nc2ccc3nc(NC(=O)[C@@H]4CCCCN4S(C)(=O)=O)sc3c2s1. The zero-order valence-corrected chi connectivity index (χ0v) is 18.0. The molecule has 1 aliphatic heterocycles. The van der Waals surface area contributed by atoms with Gasteiger partial charge in [-0.3, -0.25) is 4.79 Å². The summed E-state index contributed by atoms with van der Waals surface area (Å²) in [5.74, 6) is -0.315. The molecule has 3 heterocycles. The number of hydrogen-bond acceptors (Lipinski definition) is 8. The number of carbonyl (C=O) groups is 1. The molecule has 0 spiro atoms. The van der Waals surface area contributed by atoms with Crippen LogP contribution in [0.3, 0.4) is 0 Å². The monoisotopic (exact) mass is 442 g/mol. The molecule has 1 atom stereocenters. The van der Waals surface area contributed by atoms with Gasteiger partial charge in [0.15, 0.2) is 9.47 Å². The number of carbonyl (C=O) groups excluding carboxylic acids is 1. The Hall–Kier alpha value is -1.27. The molecule has 1 saturated heterocycles. The first kappa shape index (κ1) is 19.1. The van der Waals surface area contributed by atoms with Crippen molar-refractivity contribution < 1.29 is 13.2 Å². The Bertz CT molecular complexity index is 1120. The minimum absolute atomic E-state index is 0.315. The molecule has 1 amide bonds. The van der Waals surface area contributed by atoms with Gasteiger partial charge >= 0.3 is 0 Å². The molecule has 3 aromatic rings. The average molecular weight is 443 g/mol. The summed E-state index contributed by atoms with van der Waals surface area (Å²) in [6, 6.07) is 3.16. The van der Waals surface area contributed by atoms with Crippen molar-refractivity contribution in [2.75, 3.05) is 24.4 Å². The fraction of sp³-hybridized carbons (Fsp3) is 0.438. The Morgan fingerprint density at radius 3 is 2.63 bits per heavy atom. The molecule has 1 N–H and O–H groups in total. The summed E-state index contributed by atoms with van der Waals surface area (Å²) in [5, 5.41) is 3.32. The second-order valence-electron chi connectivity index (χ2n) is 6.34. The quantitative estimate of drug-likeness (QED) is 0.623. The number of nitrogens with zero attached hydrogens (tertiary/aromatic N) is 3. The van der Waals surface area contributed by atoms with Crippen LogP contribution in [0.4, 0.5) is 5.13 Å². The first-order valence-electron chi connectivity index (χ1n) is 8.38. The van der Waals surface area contributed by atoms with Crippen molar-refractivity contribution in [2.24, 2.45) is 0 Å². The number of thiazole rings is 2. The van der Waals surface area contributed by atoms with Gasteiger partial charge in [0.25, 0.3) is 0 Å². The number of amides is 1. The van der Waals surface area contributed by atoms with Gasteiger partial charge in [-0.15, -0.1) is 11.3 Å². The molecule has 0 radical (unpaired) electrons. The second-order valence-corrected chi connectivity index (χ2v) is 11.3. The zero-order valence-electron chi connectivity index (χ0n) is 14.8. The maximum Gasteiger partial charge on any atom is 0.244 e. The number of hydrogen-bond donors (Lipinski definition) is 1. The highest BCUT2D eigenvalue weighted by atomic mass is 32.2. The summed E-state index contributed by atoms with van der Waals surface area (Å²) in [5.41, 5.74) is 1.73. The Labute approximate surface area is 169 Å². The lowest BCUT2D eigenvalue weighted by Gasteiger charge is -2.32. The van der Waals surface area contributed by atoms with E-state index in [4.69, 9.17) is 0 Å². The number of aromatic nitrogens is 2. The molecular weight excluding hydrogens is 424 g/mol. The van der Waals surface area contributed by atoms with E-state index >= 15 is 0 Å². The molecule has 11 heteroatoms. The lowest BCUT2D eigenvalue weighted by Crippen LogP contribution is -2.49. The molecule has 0 aliphatic carbocycles. The van der Waals surface area contributed by atoms with Crippen molar-refractivity contribution in [1.29, 1.82) is 0 Å². The summed E-state index contributed by atoms with van der Waals surface area (Å²) in [6.45, 7) is 0.385. The van der Waals surface area contributed by atoms with E-state index in [1.54, 1.807) is 23.1 Å². The van der Waals surface area contributed by atoms with Gasteiger partial charge in [-0.1, -0.05) is 29.5 Å². The number of fused-ring (bicyclic) bond motifs is 3. The number of thioether (sulfide) groups is 1. The number of benzene rings is 1. The molecule has 0 bridgehead atoms. The predicted molar refractivity (Wildman–Crippen MR) is 112 cm³/mol. The van der Waals surface area contributed by atoms with Crippen LogP contribution in [0.5, 0.6) is 0 Å². The molecule has 0 saturated carbocycles. The van der Waals surface area contributed by atoms with Gasteiger partial charge in [0.2, 0.25) is 15.9 Å². The van der Waals surface area contributed by atoms with Crippen LogP contribution in [-0.2, 0) is 14.8 Å². The molecule has 1 aliphatic rings. The first-order valence-corrected chi connectivity index (χ1v) is 13.1. The van der Waals surface area contributed by atoms with E-state index in [9.17, 15) is 13.2 Å². The number of piperidine rings is 1. The maximum atomic E-state index is 12.8. The normalized spacial score (nSPS) is 19.0. The summed E-state index contributed by atoms with van der Waals surface area (Å²) in [4.78, 5) is 21.8. The molecule has 4 rings (SSSR count). The molecular formula is C16H18N4O3S4. The van der Waals surface area contributed by atoms with Gasteiger partial charge in [0.05, 0.1) is 26.7 Å². The minimum Gasteiger partial charge on any atom is -0.301 e. The Morgan fingerprint density at radius 2 is 1.93 bits per heavy atom. The molecule has 27 heavy (non-hydrogen) atoms. The summed E-state index contributed by atoms with van der Waals surface area (Å²) >= 11 is 4.62. The van der Waals surface area contributed by atoms with E-state index < -0.39 is 16.1 Å². The van der Waals surface area contributed by atoms with Crippen LogP contribution in [0.15, 0.2) is 16.5 Å². The largest absolute Gasteiger partial charge is 0.301 e. The highest BCUT2D eigenvalue weighted by molar-refractivity contribution is 8.00. The van der Waals surface area contributed by atoms with Gasteiger partial charge in [-0.2, -0.15) is 4.31 Å². The predicted octanol–water partition coefficient (Wildman–Crippen LogP) is 3.38.